The van der Waals surface area contributed by atoms with E-state index in [1.165, 1.54) is 0 Å². The minimum atomic E-state index is -1.26. The number of halogens is 3. The Morgan fingerprint density at radius 1 is 1.16 bits per heavy atom. The first-order chi connectivity index (χ1) is 17.7. The highest BCUT2D eigenvalue weighted by molar-refractivity contribution is 5.84. The topological polar surface area (TPSA) is 65.8 Å². The summed E-state index contributed by atoms with van der Waals surface area (Å²) in [5.41, 5.74) is 1.88. The van der Waals surface area contributed by atoms with E-state index in [0.717, 1.165) is 28.1 Å². The van der Waals surface area contributed by atoms with Crippen molar-refractivity contribution in [2.45, 2.75) is 38.7 Å². The van der Waals surface area contributed by atoms with Crippen LogP contribution in [0.3, 0.4) is 0 Å². The Balaban J connectivity index is 1.38. The number of hydrogen-bond acceptors (Lipinski definition) is 5. The van der Waals surface area contributed by atoms with Gasteiger partial charge in [0.05, 0.1) is 30.8 Å². The van der Waals surface area contributed by atoms with Crippen LogP contribution in [0.15, 0.2) is 36.5 Å². The minimum absolute atomic E-state index is 0.0108. The second-order valence-electron chi connectivity index (χ2n) is 9.78. The molecule has 1 aliphatic rings. The molecule has 0 spiro atoms. The number of aromatic nitrogens is 1. The largest absolute Gasteiger partial charge is 0.497 e. The van der Waals surface area contributed by atoms with E-state index in [2.05, 4.69) is 21.7 Å². The number of benzene rings is 2. The maximum atomic E-state index is 13.8. The van der Waals surface area contributed by atoms with Crippen LogP contribution in [-0.4, -0.2) is 53.4 Å². The van der Waals surface area contributed by atoms with Crippen molar-refractivity contribution in [3.63, 3.8) is 0 Å². The third-order valence-electron chi connectivity index (χ3n) is 7.37. The van der Waals surface area contributed by atoms with Gasteiger partial charge in [-0.1, -0.05) is 11.8 Å². The normalized spacial score (nSPS) is 16.3. The summed E-state index contributed by atoms with van der Waals surface area (Å²) in [6.07, 6.45) is 3.60. The van der Waals surface area contributed by atoms with Crippen molar-refractivity contribution in [1.82, 2.24) is 9.88 Å². The second kappa shape index (κ2) is 11.5. The van der Waals surface area contributed by atoms with Gasteiger partial charge in [0, 0.05) is 24.3 Å². The number of pyridine rings is 1. The summed E-state index contributed by atoms with van der Waals surface area (Å²) in [6, 6.07) is 6.97. The maximum Gasteiger partial charge on any atom is 0.174 e. The van der Waals surface area contributed by atoms with Crippen LogP contribution < -0.4 is 4.74 Å². The van der Waals surface area contributed by atoms with Crippen LogP contribution in [0.5, 0.6) is 5.75 Å². The monoisotopic (exact) mass is 512 g/mol. The fourth-order valence-electron chi connectivity index (χ4n) is 5.01. The van der Waals surface area contributed by atoms with Crippen LogP contribution in [0.25, 0.3) is 10.9 Å². The van der Waals surface area contributed by atoms with Crippen LogP contribution in [-0.2, 0) is 0 Å². The zero-order chi connectivity index (χ0) is 26.6. The average molecular weight is 513 g/mol. The first kappa shape index (κ1) is 26.9. The van der Waals surface area contributed by atoms with Gasteiger partial charge in [0.15, 0.2) is 11.6 Å². The summed E-state index contributed by atoms with van der Waals surface area (Å²) in [7, 11) is 1.60. The smallest absolute Gasteiger partial charge is 0.174 e. The first-order valence-corrected chi connectivity index (χ1v) is 12.3. The van der Waals surface area contributed by atoms with Crippen LogP contribution >= 0.6 is 0 Å². The Hall–Kier alpha value is -3.12. The Labute approximate surface area is 214 Å². The van der Waals surface area contributed by atoms with E-state index in [1.807, 2.05) is 25.1 Å². The van der Waals surface area contributed by atoms with Gasteiger partial charge in [-0.25, -0.2) is 13.2 Å². The summed E-state index contributed by atoms with van der Waals surface area (Å²) < 4.78 is 45.9. The molecule has 0 amide bonds. The fraction of sp³-hybridized carbons (Fsp3) is 0.414. The number of methoxy groups -OCH3 is 1. The molecule has 3 aromatic rings. The lowest BCUT2D eigenvalue weighted by Gasteiger charge is -2.40. The molecule has 0 bridgehead atoms. The number of piperidine rings is 1. The van der Waals surface area contributed by atoms with E-state index < -0.39 is 23.6 Å². The van der Waals surface area contributed by atoms with Crippen molar-refractivity contribution in [2.24, 2.45) is 5.41 Å². The average Bonchev–Trinajstić information content (AvgIpc) is 2.90. The van der Waals surface area contributed by atoms with Gasteiger partial charge in [-0.15, -0.1) is 0 Å². The van der Waals surface area contributed by atoms with Gasteiger partial charge < -0.3 is 14.9 Å². The number of likely N-dealkylation sites (tertiary alicyclic amines) is 1. The number of fused-ring (bicyclic) bond motifs is 1. The molecular weight excluding hydrogens is 481 g/mol. The summed E-state index contributed by atoms with van der Waals surface area (Å²) in [4.78, 5) is 6.53. The Morgan fingerprint density at radius 3 is 2.62 bits per heavy atom. The third-order valence-corrected chi connectivity index (χ3v) is 7.37. The number of hydrogen-bond donors (Lipinski definition) is 2. The molecule has 1 aromatic heterocycles. The predicted molar refractivity (Wildman–Crippen MR) is 136 cm³/mol. The van der Waals surface area contributed by atoms with E-state index in [0.29, 0.717) is 57.1 Å². The molecule has 2 aromatic carbocycles. The molecule has 2 N–H and O–H groups in total. The quantitative estimate of drug-likeness (QED) is 0.348. The highest BCUT2D eigenvalue weighted by atomic mass is 19.2. The van der Waals surface area contributed by atoms with Crippen molar-refractivity contribution in [3.8, 4) is 17.6 Å². The SMILES string of the molecule is COc1ccc2ncc(C)c([C@H](O)CCC3(CO)CCN(CC#Cc4cc(F)cc(F)c4F)CC3)c2c1. The van der Waals surface area contributed by atoms with Crippen LogP contribution in [0.2, 0.25) is 0 Å². The van der Waals surface area contributed by atoms with E-state index in [9.17, 15) is 23.4 Å². The number of aliphatic hydroxyl groups is 2. The van der Waals surface area contributed by atoms with Crippen LogP contribution in [0.1, 0.15) is 48.5 Å². The van der Waals surface area contributed by atoms with Gasteiger partial charge in [-0.05, 0) is 86.5 Å². The highest BCUT2D eigenvalue weighted by Crippen LogP contribution is 2.39. The third kappa shape index (κ3) is 6.07. The molecule has 1 aliphatic heterocycles. The number of ether oxygens (including phenoxy) is 1. The minimum Gasteiger partial charge on any atom is -0.497 e. The molecule has 4 rings (SSSR count). The standard InChI is InChI=1S/C29H31F3N2O3/c1-19-17-33-25-6-5-22(37-2)16-23(25)27(19)26(36)7-8-29(18-35)9-12-34(13-10-29)11-3-4-20-14-21(30)15-24(31)28(20)32/h5-6,14-17,26,35-36H,7-13,18H2,1-2H3/t26-/m1/s1. The molecule has 0 radical (unpaired) electrons. The number of aliphatic hydroxyl groups excluding tert-OH is 2. The zero-order valence-corrected chi connectivity index (χ0v) is 21.0. The number of nitrogens with zero attached hydrogens (tertiary/aromatic N) is 2. The van der Waals surface area contributed by atoms with Gasteiger partial charge in [0.2, 0.25) is 0 Å². The summed E-state index contributed by atoms with van der Waals surface area (Å²) in [5.74, 6) is 2.74. The van der Waals surface area contributed by atoms with Gasteiger partial charge >= 0.3 is 0 Å². The van der Waals surface area contributed by atoms with Crippen LogP contribution in [0, 0.1) is 41.6 Å². The van der Waals surface area contributed by atoms with E-state index in [1.54, 1.807) is 13.3 Å². The van der Waals surface area contributed by atoms with Crippen LogP contribution in [0.4, 0.5) is 13.2 Å². The van der Waals surface area contributed by atoms with Crippen molar-refractivity contribution in [1.29, 1.82) is 0 Å². The van der Waals surface area contributed by atoms with Gasteiger partial charge in [0.1, 0.15) is 11.6 Å². The molecule has 0 unspecified atom stereocenters. The Kier molecular flexibility index (Phi) is 8.38. The summed E-state index contributed by atoms with van der Waals surface area (Å²) in [6.45, 7) is 3.60. The predicted octanol–water partition coefficient (Wildman–Crippen LogP) is 4.91. The molecule has 1 fully saturated rings. The Morgan fingerprint density at radius 2 is 1.92 bits per heavy atom. The molecule has 2 heterocycles. The Bertz CT molecular complexity index is 1330. The van der Waals surface area contributed by atoms with Gasteiger partial charge in [-0.2, -0.15) is 0 Å². The molecule has 8 heteroatoms. The lowest BCUT2D eigenvalue weighted by Crippen LogP contribution is -2.42. The molecule has 37 heavy (non-hydrogen) atoms. The number of rotatable bonds is 7. The van der Waals surface area contributed by atoms with E-state index in [4.69, 9.17) is 4.74 Å². The summed E-state index contributed by atoms with van der Waals surface area (Å²) in [5, 5.41) is 22.3. The molecule has 0 aliphatic carbocycles. The zero-order valence-electron chi connectivity index (χ0n) is 21.0. The molecule has 5 nitrogen and oxygen atoms in total. The second-order valence-corrected chi connectivity index (χ2v) is 9.78. The van der Waals surface area contributed by atoms with Crippen molar-refractivity contribution in [2.75, 3.05) is 33.4 Å². The van der Waals surface area contributed by atoms with E-state index in [-0.39, 0.29) is 17.6 Å². The summed E-state index contributed by atoms with van der Waals surface area (Å²) >= 11 is 0. The maximum absolute atomic E-state index is 13.8. The highest BCUT2D eigenvalue weighted by Gasteiger charge is 2.34. The molecule has 1 saturated heterocycles. The van der Waals surface area contributed by atoms with Gasteiger partial charge in [-0.3, -0.25) is 9.88 Å². The first-order valence-electron chi connectivity index (χ1n) is 12.3. The van der Waals surface area contributed by atoms with Crippen molar-refractivity contribution < 1.29 is 28.1 Å². The van der Waals surface area contributed by atoms with Gasteiger partial charge in [0.25, 0.3) is 0 Å². The lowest BCUT2D eigenvalue weighted by atomic mass is 9.74. The van der Waals surface area contributed by atoms with Crippen molar-refractivity contribution >= 4 is 10.9 Å². The van der Waals surface area contributed by atoms with E-state index >= 15 is 0 Å². The fourth-order valence-corrected chi connectivity index (χ4v) is 5.01. The molecule has 196 valence electrons. The molecule has 0 saturated carbocycles. The molecular formula is C29H31F3N2O3. The number of aryl methyl sites for hydroxylation is 1. The molecule has 1 atom stereocenters. The lowest BCUT2D eigenvalue weighted by molar-refractivity contribution is 0.0273. The van der Waals surface area contributed by atoms with Crippen molar-refractivity contribution in [3.05, 3.63) is 70.7 Å².